The van der Waals surface area contributed by atoms with Crippen molar-refractivity contribution in [3.8, 4) is 11.5 Å². The standard InChI is InChI=1S/C31H37Cl2N3O6S/c1-5-7-18-34-31(38)27(6-2)35(20-24-25(32)14-11-15-26(24)33)30(37)21-36(22-12-9-8-10-13-22)43(39,40)23-16-17-28(41-3)29(19-23)42-4/h8-17,19,27H,5-7,18,20-21H2,1-4H3,(H,34,38)/t27-/m0/s1. The Morgan fingerprint density at radius 3 is 2.14 bits per heavy atom. The molecule has 3 rings (SSSR count). The second kappa shape index (κ2) is 15.8. The molecule has 0 fully saturated rings. The van der Waals surface area contributed by atoms with Crippen molar-refractivity contribution in [1.82, 2.24) is 10.2 Å². The SMILES string of the molecule is CCCCNC(=O)[C@H](CC)N(Cc1c(Cl)cccc1Cl)C(=O)CN(c1ccccc1)S(=O)(=O)c1ccc(OC)c(OC)c1. The maximum Gasteiger partial charge on any atom is 0.264 e. The zero-order chi connectivity index (χ0) is 31.6. The molecule has 1 atom stereocenters. The minimum atomic E-state index is -4.30. The Labute approximate surface area is 263 Å². The molecule has 43 heavy (non-hydrogen) atoms. The van der Waals surface area contributed by atoms with Crippen LogP contribution in [0.3, 0.4) is 0 Å². The molecule has 232 valence electrons. The van der Waals surface area contributed by atoms with Crippen LogP contribution in [-0.4, -0.2) is 58.5 Å². The highest BCUT2D eigenvalue weighted by Gasteiger charge is 2.34. The van der Waals surface area contributed by atoms with Crippen molar-refractivity contribution in [2.24, 2.45) is 0 Å². The van der Waals surface area contributed by atoms with Gasteiger partial charge in [0.25, 0.3) is 10.0 Å². The van der Waals surface area contributed by atoms with Crippen LogP contribution in [0.2, 0.25) is 10.0 Å². The number of anilines is 1. The first-order valence-corrected chi connectivity index (χ1v) is 16.1. The highest BCUT2D eigenvalue weighted by molar-refractivity contribution is 7.92. The molecule has 0 aliphatic heterocycles. The molecule has 0 aliphatic rings. The van der Waals surface area contributed by atoms with Gasteiger partial charge in [-0.3, -0.25) is 13.9 Å². The average Bonchev–Trinajstić information content (AvgIpc) is 3.01. The summed E-state index contributed by atoms with van der Waals surface area (Å²) in [5.74, 6) is -0.387. The fourth-order valence-corrected chi connectivity index (χ4v) is 6.45. The zero-order valence-corrected chi connectivity index (χ0v) is 27.0. The highest BCUT2D eigenvalue weighted by Crippen LogP contribution is 2.33. The van der Waals surface area contributed by atoms with E-state index < -0.39 is 28.5 Å². The molecule has 0 aromatic heterocycles. The van der Waals surface area contributed by atoms with E-state index in [9.17, 15) is 18.0 Å². The van der Waals surface area contributed by atoms with Crippen LogP contribution in [0.25, 0.3) is 0 Å². The van der Waals surface area contributed by atoms with Gasteiger partial charge in [0, 0.05) is 34.8 Å². The third-order valence-corrected chi connectivity index (χ3v) is 9.35. The lowest BCUT2D eigenvalue weighted by Crippen LogP contribution is -2.52. The molecule has 0 saturated carbocycles. The van der Waals surface area contributed by atoms with Crippen molar-refractivity contribution < 1.29 is 27.5 Å². The predicted octanol–water partition coefficient (Wildman–Crippen LogP) is 5.93. The quantitative estimate of drug-likeness (QED) is 0.205. The van der Waals surface area contributed by atoms with Gasteiger partial charge in [0.1, 0.15) is 12.6 Å². The van der Waals surface area contributed by atoms with E-state index in [2.05, 4.69) is 5.32 Å². The molecule has 0 heterocycles. The van der Waals surface area contributed by atoms with Crippen molar-refractivity contribution in [2.75, 3.05) is 31.6 Å². The lowest BCUT2D eigenvalue weighted by Gasteiger charge is -2.33. The number of ether oxygens (including phenoxy) is 2. The van der Waals surface area contributed by atoms with Gasteiger partial charge in [-0.05, 0) is 49.2 Å². The van der Waals surface area contributed by atoms with Crippen molar-refractivity contribution >= 4 is 50.7 Å². The molecule has 12 heteroatoms. The number of unbranched alkanes of at least 4 members (excludes halogenated alkanes) is 1. The topological polar surface area (TPSA) is 105 Å². The molecule has 0 radical (unpaired) electrons. The predicted molar refractivity (Wildman–Crippen MR) is 170 cm³/mol. The van der Waals surface area contributed by atoms with Gasteiger partial charge in [0.2, 0.25) is 11.8 Å². The van der Waals surface area contributed by atoms with Gasteiger partial charge in [0.15, 0.2) is 11.5 Å². The number of sulfonamides is 1. The summed E-state index contributed by atoms with van der Waals surface area (Å²) in [5, 5.41) is 3.54. The Morgan fingerprint density at radius 1 is 0.907 bits per heavy atom. The molecule has 3 aromatic carbocycles. The summed E-state index contributed by atoms with van der Waals surface area (Å²) in [6, 6.07) is 16.5. The van der Waals surface area contributed by atoms with Gasteiger partial charge in [-0.1, -0.05) is 67.7 Å². The van der Waals surface area contributed by atoms with E-state index in [0.29, 0.717) is 27.9 Å². The van der Waals surface area contributed by atoms with E-state index in [1.165, 1.54) is 37.3 Å². The molecule has 1 N–H and O–H groups in total. The molecule has 0 bridgehead atoms. The van der Waals surface area contributed by atoms with Crippen LogP contribution in [-0.2, 0) is 26.2 Å². The van der Waals surface area contributed by atoms with Crippen molar-refractivity contribution in [3.63, 3.8) is 0 Å². The van der Waals surface area contributed by atoms with Crippen molar-refractivity contribution in [1.29, 1.82) is 0 Å². The molecular formula is C31H37Cl2N3O6S. The van der Waals surface area contributed by atoms with Crippen molar-refractivity contribution in [3.05, 3.63) is 82.3 Å². The third kappa shape index (κ3) is 8.34. The lowest BCUT2D eigenvalue weighted by atomic mass is 10.1. The molecule has 3 aromatic rings. The molecule has 2 amide bonds. The Hall–Kier alpha value is -3.47. The fourth-order valence-electron chi connectivity index (χ4n) is 4.51. The molecule has 0 spiro atoms. The van der Waals surface area contributed by atoms with E-state index in [0.717, 1.165) is 17.1 Å². The number of hydrogen-bond acceptors (Lipinski definition) is 6. The maximum absolute atomic E-state index is 14.2. The fraction of sp³-hybridized carbons (Fsp3) is 0.355. The van der Waals surface area contributed by atoms with Crippen LogP contribution in [0.15, 0.2) is 71.6 Å². The second-order valence-corrected chi connectivity index (χ2v) is 12.3. The third-order valence-electron chi connectivity index (χ3n) is 6.87. The van der Waals surface area contributed by atoms with Gasteiger partial charge in [-0.2, -0.15) is 0 Å². The number of para-hydroxylation sites is 1. The van der Waals surface area contributed by atoms with Crippen LogP contribution < -0.4 is 19.1 Å². The Bertz CT molecular complexity index is 1480. The molecular weight excluding hydrogens is 613 g/mol. The van der Waals surface area contributed by atoms with E-state index in [-0.39, 0.29) is 35.2 Å². The summed E-state index contributed by atoms with van der Waals surface area (Å²) in [7, 11) is -1.45. The summed E-state index contributed by atoms with van der Waals surface area (Å²) in [5.41, 5.74) is 0.717. The lowest BCUT2D eigenvalue weighted by molar-refractivity contribution is -0.140. The van der Waals surface area contributed by atoms with E-state index in [1.54, 1.807) is 55.5 Å². The number of nitrogens with one attached hydrogen (secondary N) is 1. The number of hydrogen-bond donors (Lipinski definition) is 1. The Morgan fingerprint density at radius 2 is 1.56 bits per heavy atom. The minimum Gasteiger partial charge on any atom is -0.493 e. The zero-order valence-electron chi connectivity index (χ0n) is 24.7. The Balaban J connectivity index is 2.09. The van der Waals surface area contributed by atoms with Gasteiger partial charge in [-0.15, -0.1) is 0 Å². The number of nitrogens with zero attached hydrogens (tertiary/aromatic N) is 2. The number of benzene rings is 3. The number of amides is 2. The van der Waals surface area contributed by atoms with E-state index >= 15 is 0 Å². The number of halogens is 2. The Kier molecular flexibility index (Phi) is 12.5. The number of carbonyl (C=O) groups excluding carboxylic acids is 2. The first kappa shape index (κ1) is 34.0. The first-order chi connectivity index (χ1) is 20.6. The summed E-state index contributed by atoms with van der Waals surface area (Å²) >= 11 is 12.9. The second-order valence-electron chi connectivity index (χ2n) is 9.65. The number of carbonyl (C=O) groups is 2. The monoisotopic (exact) mass is 649 g/mol. The van der Waals surface area contributed by atoms with Crippen molar-refractivity contribution in [2.45, 2.75) is 50.6 Å². The van der Waals surface area contributed by atoms with Gasteiger partial charge in [0.05, 0.1) is 24.8 Å². The highest BCUT2D eigenvalue weighted by atomic mass is 35.5. The normalized spacial score (nSPS) is 11.9. The largest absolute Gasteiger partial charge is 0.493 e. The van der Waals surface area contributed by atoms with Gasteiger partial charge < -0.3 is 19.7 Å². The van der Waals surface area contributed by atoms with Crippen LogP contribution >= 0.6 is 23.2 Å². The minimum absolute atomic E-state index is 0.101. The molecule has 0 unspecified atom stereocenters. The summed E-state index contributed by atoms with van der Waals surface area (Å²) in [6.45, 7) is 3.55. The van der Waals surface area contributed by atoms with E-state index in [1.807, 2.05) is 6.92 Å². The number of rotatable bonds is 15. The van der Waals surface area contributed by atoms with Gasteiger partial charge >= 0.3 is 0 Å². The molecule has 0 saturated heterocycles. The maximum atomic E-state index is 14.2. The average molecular weight is 651 g/mol. The van der Waals surface area contributed by atoms with Crippen LogP contribution in [0.4, 0.5) is 5.69 Å². The first-order valence-electron chi connectivity index (χ1n) is 13.9. The summed E-state index contributed by atoms with van der Waals surface area (Å²) < 4.78 is 39.8. The van der Waals surface area contributed by atoms with Gasteiger partial charge in [-0.25, -0.2) is 8.42 Å². The van der Waals surface area contributed by atoms with Crippen LogP contribution in [0, 0.1) is 0 Å². The molecule has 0 aliphatic carbocycles. The van der Waals surface area contributed by atoms with Crippen LogP contribution in [0.1, 0.15) is 38.7 Å². The van der Waals surface area contributed by atoms with E-state index in [4.69, 9.17) is 32.7 Å². The molecule has 9 nitrogen and oxygen atoms in total. The number of methoxy groups -OCH3 is 2. The smallest absolute Gasteiger partial charge is 0.264 e. The summed E-state index contributed by atoms with van der Waals surface area (Å²) in [6.07, 6.45) is 1.94. The summed E-state index contributed by atoms with van der Waals surface area (Å²) in [4.78, 5) is 28.8. The van der Waals surface area contributed by atoms with Crippen LogP contribution in [0.5, 0.6) is 11.5 Å².